The van der Waals surface area contributed by atoms with E-state index in [1.54, 1.807) is 12.1 Å². The first kappa shape index (κ1) is 18.6. The third-order valence-corrected chi connectivity index (χ3v) is 5.00. The number of nitrogens with one attached hydrogen (secondary N) is 1. The molecule has 1 heterocycles. The number of rotatable bonds is 4. The molecular weight excluding hydrogens is 332 g/mol. The molecular formula is C20H23BFNO3. The number of hydrogen-bond donors (Lipinski definition) is 1. The van der Waals surface area contributed by atoms with Crippen LogP contribution in [0, 0.1) is 5.82 Å². The molecule has 0 radical (unpaired) electrons. The lowest BCUT2D eigenvalue weighted by atomic mass is 9.79. The number of amides is 1. The average molecular weight is 355 g/mol. The Labute approximate surface area is 153 Å². The Kier molecular flexibility index (Phi) is 4.91. The quantitative estimate of drug-likeness (QED) is 0.856. The van der Waals surface area contributed by atoms with E-state index in [0.717, 1.165) is 11.0 Å². The fourth-order valence-corrected chi connectivity index (χ4v) is 2.70. The highest BCUT2D eigenvalue weighted by molar-refractivity contribution is 6.62. The first-order valence-electron chi connectivity index (χ1n) is 8.66. The van der Waals surface area contributed by atoms with Gasteiger partial charge in [0.1, 0.15) is 5.82 Å². The third kappa shape index (κ3) is 3.97. The van der Waals surface area contributed by atoms with Gasteiger partial charge in [0.25, 0.3) is 0 Å². The minimum absolute atomic E-state index is 0.153. The molecule has 0 aliphatic carbocycles. The molecule has 0 spiro atoms. The van der Waals surface area contributed by atoms with E-state index in [2.05, 4.69) is 5.32 Å². The summed E-state index contributed by atoms with van der Waals surface area (Å²) in [7, 11) is -0.427. The molecule has 136 valence electrons. The van der Waals surface area contributed by atoms with Crippen molar-refractivity contribution in [1.82, 2.24) is 0 Å². The van der Waals surface area contributed by atoms with Crippen molar-refractivity contribution in [3.8, 4) is 0 Å². The maximum Gasteiger partial charge on any atom is 0.494 e. The number of carbonyl (C=O) groups excluding carboxylic acids is 1. The van der Waals surface area contributed by atoms with Gasteiger partial charge in [-0.2, -0.15) is 0 Å². The largest absolute Gasteiger partial charge is 0.494 e. The Hall–Kier alpha value is -2.18. The smallest absolute Gasteiger partial charge is 0.399 e. The van der Waals surface area contributed by atoms with Crippen LogP contribution in [0.15, 0.2) is 48.5 Å². The lowest BCUT2D eigenvalue weighted by molar-refractivity contribution is -0.115. The summed E-state index contributed by atoms with van der Waals surface area (Å²) in [5, 5.41) is 2.84. The third-order valence-electron chi connectivity index (χ3n) is 5.00. The summed E-state index contributed by atoms with van der Waals surface area (Å²) in [4.78, 5) is 12.1. The van der Waals surface area contributed by atoms with Crippen LogP contribution in [0.5, 0.6) is 0 Å². The van der Waals surface area contributed by atoms with Crippen molar-refractivity contribution in [3.63, 3.8) is 0 Å². The average Bonchev–Trinajstić information content (AvgIpc) is 2.78. The molecule has 1 saturated heterocycles. The van der Waals surface area contributed by atoms with Crippen LogP contribution < -0.4 is 10.8 Å². The van der Waals surface area contributed by atoms with Crippen molar-refractivity contribution < 1.29 is 18.5 Å². The summed E-state index contributed by atoms with van der Waals surface area (Å²) in [6.07, 6.45) is 0.194. The zero-order valence-electron chi connectivity index (χ0n) is 15.5. The standard InChI is InChI=1S/C20H23BFNO3/c1-19(2)20(3,4)26-21(25-19)15-7-11-17(12-8-15)23-18(24)13-14-5-9-16(22)10-6-14/h5-12H,13H2,1-4H3,(H,23,24). The van der Waals surface area contributed by atoms with Crippen LogP contribution in [-0.4, -0.2) is 24.2 Å². The topological polar surface area (TPSA) is 47.6 Å². The van der Waals surface area contributed by atoms with Gasteiger partial charge in [-0.1, -0.05) is 24.3 Å². The number of hydrogen-bond acceptors (Lipinski definition) is 3. The number of carbonyl (C=O) groups is 1. The van der Waals surface area contributed by atoms with E-state index in [1.165, 1.54) is 12.1 Å². The summed E-state index contributed by atoms with van der Waals surface area (Å²) >= 11 is 0. The van der Waals surface area contributed by atoms with E-state index in [-0.39, 0.29) is 29.3 Å². The molecule has 1 amide bonds. The highest BCUT2D eigenvalue weighted by atomic mass is 19.1. The van der Waals surface area contributed by atoms with Crippen molar-refractivity contribution in [3.05, 3.63) is 59.9 Å². The van der Waals surface area contributed by atoms with Crippen molar-refractivity contribution >= 4 is 24.2 Å². The molecule has 1 aliphatic rings. The maximum atomic E-state index is 12.9. The highest BCUT2D eigenvalue weighted by Gasteiger charge is 2.51. The van der Waals surface area contributed by atoms with Crippen LogP contribution in [0.3, 0.4) is 0 Å². The molecule has 4 nitrogen and oxygen atoms in total. The fraction of sp³-hybridized carbons (Fsp3) is 0.350. The molecule has 26 heavy (non-hydrogen) atoms. The van der Waals surface area contributed by atoms with Gasteiger partial charge >= 0.3 is 7.12 Å². The molecule has 0 aromatic heterocycles. The molecule has 0 bridgehead atoms. The molecule has 6 heteroatoms. The van der Waals surface area contributed by atoms with Gasteiger partial charge in [-0.15, -0.1) is 0 Å². The maximum absolute atomic E-state index is 12.9. The van der Waals surface area contributed by atoms with Crippen LogP contribution in [-0.2, 0) is 20.5 Å². The second-order valence-corrected chi connectivity index (χ2v) is 7.56. The van der Waals surface area contributed by atoms with Crippen molar-refractivity contribution in [2.75, 3.05) is 5.32 Å². The van der Waals surface area contributed by atoms with Crippen LogP contribution in [0.4, 0.5) is 10.1 Å². The Morgan fingerprint density at radius 3 is 2.04 bits per heavy atom. The van der Waals surface area contributed by atoms with Crippen LogP contribution >= 0.6 is 0 Å². The van der Waals surface area contributed by atoms with Crippen molar-refractivity contribution in [2.45, 2.75) is 45.3 Å². The van der Waals surface area contributed by atoms with E-state index in [0.29, 0.717) is 5.69 Å². The van der Waals surface area contributed by atoms with Crippen LogP contribution in [0.1, 0.15) is 33.3 Å². The predicted molar refractivity (Wildman–Crippen MR) is 101 cm³/mol. The predicted octanol–water partition coefficient (Wildman–Crippen LogP) is 3.31. The summed E-state index contributed by atoms with van der Waals surface area (Å²) in [5.74, 6) is -0.465. The molecule has 1 aliphatic heterocycles. The number of anilines is 1. The van der Waals surface area contributed by atoms with Crippen LogP contribution in [0.25, 0.3) is 0 Å². The molecule has 1 fully saturated rings. The van der Waals surface area contributed by atoms with Gasteiger partial charge in [0.2, 0.25) is 5.91 Å². The summed E-state index contributed by atoms with van der Waals surface area (Å²) in [6, 6.07) is 13.3. The summed E-state index contributed by atoms with van der Waals surface area (Å²) in [5.41, 5.74) is 1.58. The van der Waals surface area contributed by atoms with Crippen molar-refractivity contribution in [1.29, 1.82) is 0 Å². The van der Waals surface area contributed by atoms with E-state index in [4.69, 9.17) is 9.31 Å². The molecule has 2 aromatic rings. The van der Waals surface area contributed by atoms with E-state index < -0.39 is 7.12 Å². The Bertz CT molecular complexity index is 772. The highest BCUT2D eigenvalue weighted by Crippen LogP contribution is 2.36. The Morgan fingerprint density at radius 2 is 1.50 bits per heavy atom. The molecule has 0 unspecified atom stereocenters. The minimum Gasteiger partial charge on any atom is -0.399 e. The van der Waals surface area contributed by atoms with Gasteiger partial charge in [-0.05, 0) is 63.0 Å². The first-order chi connectivity index (χ1) is 12.2. The van der Waals surface area contributed by atoms with Crippen LogP contribution in [0.2, 0.25) is 0 Å². The van der Waals surface area contributed by atoms with E-state index in [1.807, 2.05) is 52.0 Å². The molecule has 3 rings (SSSR count). The molecule has 2 aromatic carbocycles. The number of halogens is 1. The first-order valence-corrected chi connectivity index (χ1v) is 8.66. The SMILES string of the molecule is CC1(C)OB(c2ccc(NC(=O)Cc3ccc(F)cc3)cc2)OC1(C)C. The summed E-state index contributed by atoms with van der Waals surface area (Å²) in [6.45, 7) is 8.04. The lowest BCUT2D eigenvalue weighted by Crippen LogP contribution is -2.41. The summed E-state index contributed by atoms with van der Waals surface area (Å²) < 4.78 is 25.0. The Balaban J connectivity index is 1.61. The van der Waals surface area contributed by atoms with Gasteiger partial charge in [0.15, 0.2) is 0 Å². The molecule has 0 saturated carbocycles. The van der Waals surface area contributed by atoms with Gasteiger partial charge in [0.05, 0.1) is 17.6 Å². The van der Waals surface area contributed by atoms with Gasteiger partial charge in [-0.3, -0.25) is 4.79 Å². The van der Waals surface area contributed by atoms with E-state index >= 15 is 0 Å². The lowest BCUT2D eigenvalue weighted by Gasteiger charge is -2.32. The zero-order valence-corrected chi connectivity index (χ0v) is 15.5. The van der Waals surface area contributed by atoms with Gasteiger partial charge < -0.3 is 14.6 Å². The zero-order chi connectivity index (χ0) is 18.9. The molecule has 0 atom stereocenters. The van der Waals surface area contributed by atoms with Gasteiger partial charge in [-0.25, -0.2) is 4.39 Å². The monoisotopic (exact) mass is 355 g/mol. The molecule has 1 N–H and O–H groups in total. The Morgan fingerprint density at radius 1 is 0.962 bits per heavy atom. The second kappa shape index (κ2) is 6.85. The second-order valence-electron chi connectivity index (χ2n) is 7.56. The minimum atomic E-state index is -0.427. The fourth-order valence-electron chi connectivity index (χ4n) is 2.70. The normalized spacial score (nSPS) is 18.0. The number of benzene rings is 2. The van der Waals surface area contributed by atoms with E-state index in [9.17, 15) is 9.18 Å². The van der Waals surface area contributed by atoms with Gasteiger partial charge in [0, 0.05) is 5.69 Å². The van der Waals surface area contributed by atoms with Crippen molar-refractivity contribution in [2.24, 2.45) is 0 Å².